The Labute approximate surface area is 89.8 Å². The number of ether oxygens (including phenoxy) is 1. The first-order chi connectivity index (χ1) is 7.22. The monoisotopic (exact) mass is 208 g/mol. The highest BCUT2D eigenvalue weighted by molar-refractivity contribution is 5.18. The summed E-state index contributed by atoms with van der Waals surface area (Å²) in [6.45, 7) is 6.10. The van der Waals surface area contributed by atoms with Crippen LogP contribution < -0.4 is 5.32 Å². The predicted molar refractivity (Wildman–Crippen MR) is 56.2 cm³/mol. The van der Waals surface area contributed by atoms with E-state index in [-0.39, 0.29) is 6.10 Å². The number of rotatable bonds is 6. The van der Waals surface area contributed by atoms with Crippen LogP contribution in [0.25, 0.3) is 0 Å². The molecule has 1 aromatic heterocycles. The molecule has 0 saturated heterocycles. The summed E-state index contributed by atoms with van der Waals surface area (Å²) in [6, 6.07) is 5.41. The lowest BCUT2D eigenvalue weighted by Crippen LogP contribution is -2.20. The molecule has 0 aliphatic heterocycles. The third kappa shape index (κ3) is 4.63. The molecule has 0 atom stereocenters. The van der Waals surface area contributed by atoms with E-state index < -0.39 is 0 Å². The predicted octanol–water partition coefficient (Wildman–Crippen LogP) is 1.67. The molecule has 0 aliphatic carbocycles. The van der Waals surface area contributed by atoms with Gasteiger partial charge in [0.1, 0.15) is 11.8 Å². The molecule has 15 heavy (non-hydrogen) atoms. The van der Waals surface area contributed by atoms with Gasteiger partial charge in [-0.3, -0.25) is 0 Å². The lowest BCUT2D eigenvalue weighted by atomic mass is 10.4. The van der Waals surface area contributed by atoms with Gasteiger partial charge < -0.3 is 14.5 Å². The number of hydrogen-bond acceptors (Lipinski definition) is 4. The van der Waals surface area contributed by atoms with Gasteiger partial charge in [-0.1, -0.05) is 0 Å². The molecule has 0 aromatic carbocycles. The smallest absolute Gasteiger partial charge is 0.203 e. The minimum atomic E-state index is 0.264. The zero-order valence-corrected chi connectivity index (χ0v) is 9.12. The minimum absolute atomic E-state index is 0.264. The topological polar surface area (TPSA) is 58.2 Å². The first kappa shape index (κ1) is 11.8. The molecule has 0 unspecified atom stereocenters. The van der Waals surface area contributed by atoms with Crippen molar-refractivity contribution in [3.8, 4) is 6.07 Å². The lowest BCUT2D eigenvalue weighted by Gasteiger charge is -2.07. The SMILES string of the molecule is CC(C)OCCNCc1ccc(C#N)o1. The fourth-order valence-electron chi connectivity index (χ4n) is 1.11. The van der Waals surface area contributed by atoms with Crippen molar-refractivity contribution in [3.05, 3.63) is 23.7 Å². The van der Waals surface area contributed by atoms with Gasteiger partial charge in [0.05, 0.1) is 19.3 Å². The van der Waals surface area contributed by atoms with E-state index in [0.717, 1.165) is 12.3 Å². The molecule has 0 amide bonds. The van der Waals surface area contributed by atoms with Gasteiger partial charge in [0, 0.05) is 6.54 Å². The number of hydrogen-bond donors (Lipinski definition) is 1. The average Bonchev–Trinajstić information content (AvgIpc) is 2.65. The van der Waals surface area contributed by atoms with Crippen LogP contribution in [0.3, 0.4) is 0 Å². The zero-order chi connectivity index (χ0) is 11.1. The van der Waals surface area contributed by atoms with Crippen LogP contribution in [-0.2, 0) is 11.3 Å². The van der Waals surface area contributed by atoms with Crippen LogP contribution in [0.5, 0.6) is 0 Å². The average molecular weight is 208 g/mol. The first-order valence-corrected chi connectivity index (χ1v) is 5.03. The Morgan fingerprint density at radius 3 is 2.93 bits per heavy atom. The van der Waals surface area contributed by atoms with E-state index in [4.69, 9.17) is 14.4 Å². The van der Waals surface area contributed by atoms with E-state index in [1.165, 1.54) is 0 Å². The van der Waals surface area contributed by atoms with Crippen LogP contribution in [0.4, 0.5) is 0 Å². The summed E-state index contributed by atoms with van der Waals surface area (Å²) in [5.74, 6) is 1.13. The fraction of sp³-hybridized carbons (Fsp3) is 0.545. The number of nitrogens with one attached hydrogen (secondary N) is 1. The Balaban J connectivity index is 2.13. The van der Waals surface area contributed by atoms with Crippen molar-refractivity contribution in [1.29, 1.82) is 5.26 Å². The molecular weight excluding hydrogens is 192 g/mol. The van der Waals surface area contributed by atoms with E-state index >= 15 is 0 Å². The Kier molecular flexibility index (Phi) is 4.88. The van der Waals surface area contributed by atoms with Gasteiger partial charge in [0.25, 0.3) is 0 Å². The van der Waals surface area contributed by atoms with Gasteiger partial charge in [-0.15, -0.1) is 0 Å². The molecule has 0 radical (unpaired) electrons. The van der Waals surface area contributed by atoms with E-state index in [2.05, 4.69) is 5.32 Å². The highest BCUT2D eigenvalue weighted by atomic mass is 16.5. The van der Waals surface area contributed by atoms with Crippen molar-refractivity contribution in [1.82, 2.24) is 5.32 Å². The molecule has 0 aliphatic rings. The Morgan fingerprint density at radius 2 is 2.33 bits per heavy atom. The Morgan fingerprint density at radius 1 is 1.53 bits per heavy atom. The third-order valence-electron chi connectivity index (χ3n) is 1.80. The summed E-state index contributed by atoms with van der Waals surface area (Å²) < 4.78 is 10.6. The molecule has 1 aromatic rings. The van der Waals surface area contributed by atoms with Crippen molar-refractivity contribution in [2.45, 2.75) is 26.5 Å². The van der Waals surface area contributed by atoms with Crippen LogP contribution >= 0.6 is 0 Å². The van der Waals surface area contributed by atoms with Crippen LogP contribution in [0.2, 0.25) is 0 Å². The molecular formula is C11H16N2O2. The highest BCUT2D eigenvalue weighted by Crippen LogP contribution is 2.05. The standard InChI is InChI=1S/C11H16N2O2/c1-9(2)14-6-5-13-8-11-4-3-10(7-12)15-11/h3-4,9,13H,5-6,8H2,1-2H3. The van der Waals surface area contributed by atoms with Gasteiger partial charge >= 0.3 is 0 Å². The Bertz CT molecular complexity index is 326. The van der Waals surface area contributed by atoms with Crippen molar-refractivity contribution in [3.63, 3.8) is 0 Å². The molecule has 1 N–H and O–H groups in total. The van der Waals surface area contributed by atoms with Crippen molar-refractivity contribution in [2.75, 3.05) is 13.2 Å². The number of nitrogens with zero attached hydrogens (tertiary/aromatic N) is 1. The zero-order valence-electron chi connectivity index (χ0n) is 9.12. The second-order valence-electron chi connectivity index (χ2n) is 3.47. The van der Waals surface area contributed by atoms with Crippen molar-refractivity contribution < 1.29 is 9.15 Å². The number of nitriles is 1. The van der Waals surface area contributed by atoms with Gasteiger partial charge in [0.15, 0.2) is 0 Å². The second kappa shape index (κ2) is 6.23. The molecule has 4 heteroatoms. The van der Waals surface area contributed by atoms with E-state index in [9.17, 15) is 0 Å². The van der Waals surface area contributed by atoms with Gasteiger partial charge in [-0.25, -0.2) is 0 Å². The molecule has 1 heterocycles. The summed E-state index contributed by atoms with van der Waals surface area (Å²) >= 11 is 0. The molecule has 1 rings (SSSR count). The minimum Gasteiger partial charge on any atom is -0.449 e. The maximum absolute atomic E-state index is 8.54. The maximum atomic E-state index is 8.54. The molecule has 0 saturated carbocycles. The highest BCUT2D eigenvalue weighted by Gasteiger charge is 2.00. The summed E-state index contributed by atoms with van der Waals surface area (Å²) in [5, 5.41) is 11.7. The second-order valence-corrected chi connectivity index (χ2v) is 3.47. The van der Waals surface area contributed by atoms with Gasteiger partial charge in [-0.2, -0.15) is 5.26 Å². The quantitative estimate of drug-likeness (QED) is 0.722. The van der Waals surface area contributed by atoms with Crippen LogP contribution in [0, 0.1) is 11.3 Å². The van der Waals surface area contributed by atoms with Crippen LogP contribution in [0.1, 0.15) is 25.4 Å². The molecule has 0 spiro atoms. The molecule has 82 valence electrons. The van der Waals surface area contributed by atoms with Crippen LogP contribution in [0.15, 0.2) is 16.5 Å². The lowest BCUT2D eigenvalue weighted by molar-refractivity contribution is 0.0805. The van der Waals surface area contributed by atoms with Crippen molar-refractivity contribution in [2.24, 2.45) is 0 Å². The van der Waals surface area contributed by atoms with Gasteiger partial charge in [-0.05, 0) is 26.0 Å². The summed E-state index contributed by atoms with van der Waals surface area (Å²) in [7, 11) is 0. The first-order valence-electron chi connectivity index (χ1n) is 5.03. The third-order valence-corrected chi connectivity index (χ3v) is 1.80. The summed E-state index contributed by atoms with van der Waals surface area (Å²) in [4.78, 5) is 0. The van der Waals surface area contributed by atoms with E-state index in [0.29, 0.717) is 18.9 Å². The summed E-state index contributed by atoms with van der Waals surface area (Å²) in [5.41, 5.74) is 0. The maximum Gasteiger partial charge on any atom is 0.203 e. The molecule has 0 bridgehead atoms. The Hall–Kier alpha value is -1.31. The molecule has 4 nitrogen and oxygen atoms in total. The van der Waals surface area contributed by atoms with Crippen LogP contribution in [-0.4, -0.2) is 19.3 Å². The van der Waals surface area contributed by atoms with Crippen molar-refractivity contribution >= 4 is 0 Å². The van der Waals surface area contributed by atoms with E-state index in [1.807, 2.05) is 19.9 Å². The fourth-order valence-corrected chi connectivity index (χ4v) is 1.11. The summed E-state index contributed by atoms with van der Waals surface area (Å²) in [6.07, 6.45) is 0.264. The largest absolute Gasteiger partial charge is 0.449 e. The normalized spacial score (nSPS) is 10.5. The number of furan rings is 1. The molecule has 0 fully saturated rings. The van der Waals surface area contributed by atoms with Gasteiger partial charge in [0.2, 0.25) is 5.76 Å². The van der Waals surface area contributed by atoms with E-state index in [1.54, 1.807) is 12.1 Å².